The van der Waals surface area contributed by atoms with Gasteiger partial charge in [-0.1, -0.05) is 0 Å². The largest absolute Gasteiger partial charge is 0.466 e. The van der Waals surface area contributed by atoms with E-state index >= 15 is 0 Å². The molecular formula is C5H11NO5S. The van der Waals surface area contributed by atoms with E-state index in [1.807, 2.05) is 0 Å². The summed E-state index contributed by atoms with van der Waals surface area (Å²) in [5, 5.41) is 4.49. The lowest BCUT2D eigenvalue weighted by atomic mass is 10.5. The number of nitrogens with two attached hydrogens (primary N) is 1. The van der Waals surface area contributed by atoms with Crippen LogP contribution in [0.2, 0.25) is 0 Å². The first-order valence-electron chi connectivity index (χ1n) is 3.28. The third-order valence-electron chi connectivity index (χ3n) is 0.859. The monoisotopic (exact) mass is 197 g/mol. The summed E-state index contributed by atoms with van der Waals surface area (Å²) in [6.45, 7) is 1.63. The van der Waals surface area contributed by atoms with Crippen molar-refractivity contribution in [3.8, 4) is 0 Å². The Morgan fingerprint density at radius 3 is 2.50 bits per heavy atom. The number of rotatable bonds is 5. The molecule has 0 saturated carbocycles. The van der Waals surface area contributed by atoms with Crippen LogP contribution in [0, 0.1) is 0 Å². The van der Waals surface area contributed by atoms with Gasteiger partial charge in [0, 0.05) is 0 Å². The number of ether oxygens (including phenoxy) is 1. The smallest absolute Gasteiger partial charge is 0.333 e. The predicted octanol–water partition coefficient (Wildman–Crippen LogP) is -0.840. The average molecular weight is 197 g/mol. The normalized spacial score (nSPS) is 11.2. The minimum atomic E-state index is -3.94. The summed E-state index contributed by atoms with van der Waals surface area (Å²) < 4.78 is 28.9. The van der Waals surface area contributed by atoms with Gasteiger partial charge in [0.05, 0.1) is 19.6 Å². The van der Waals surface area contributed by atoms with Crippen molar-refractivity contribution in [3.05, 3.63) is 0 Å². The van der Waals surface area contributed by atoms with E-state index < -0.39 is 16.3 Å². The van der Waals surface area contributed by atoms with Gasteiger partial charge in [0.1, 0.15) is 0 Å². The summed E-state index contributed by atoms with van der Waals surface area (Å²) in [5.74, 6) is -0.513. The standard InChI is InChI=1S/C5H11NO5S/c1-2-10-5(7)3-4-11-12(6,8)9/h2-4H2,1H3,(H2,6,8,9). The first-order chi connectivity index (χ1) is 5.45. The van der Waals surface area contributed by atoms with Gasteiger partial charge in [0.15, 0.2) is 0 Å². The van der Waals surface area contributed by atoms with Crippen molar-refractivity contribution >= 4 is 16.3 Å². The zero-order valence-electron chi connectivity index (χ0n) is 6.65. The van der Waals surface area contributed by atoms with Crippen LogP contribution in [-0.4, -0.2) is 27.6 Å². The van der Waals surface area contributed by atoms with Gasteiger partial charge in [-0.25, -0.2) is 5.14 Å². The van der Waals surface area contributed by atoms with E-state index in [0.29, 0.717) is 0 Å². The molecule has 0 saturated heterocycles. The highest BCUT2D eigenvalue weighted by molar-refractivity contribution is 7.84. The molecule has 0 heterocycles. The van der Waals surface area contributed by atoms with Gasteiger partial charge in [-0.3, -0.25) is 8.98 Å². The molecule has 0 aromatic rings. The van der Waals surface area contributed by atoms with E-state index in [1.54, 1.807) is 6.92 Å². The molecule has 0 aliphatic rings. The minimum Gasteiger partial charge on any atom is -0.466 e. The zero-order chi connectivity index (χ0) is 9.61. The molecular weight excluding hydrogens is 186 g/mol. The van der Waals surface area contributed by atoms with Crippen molar-refractivity contribution in [1.29, 1.82) is 0 Å². The average Bonchev–Trinajstić information content (AvgIpc) is 1.84. The van der Waals surface area contributed by atoms with Gasteiger partial charge >= 0.3 is 16.3 Å². The Balaban J connectivity index is 3.51. The van der Waals surface area contributed by atoms with E-state index in [1.165, 1.54) is 0 Å². The molecule has 6 nitrogen and oxygen atoms in total. The van der Waals surface area contributed by atoms with E-state index in [-0.39, 0.29) is 19.6 Å². The molecule has 0 rings (SSSR count). The van der Waals surface area contributed by atoms with Gasteiger partial charge < -0.3 is 4.74 Å². The van der Waals surface area contributed by atoms with Crippen molar-refractivity contribution in [2.24, 2.45) is 5.14 Å². The van der Waals surface area contributed by atoms with E-state index in [0.717, 1.165) is 0 Å². The molecule has 0 aromatic carbocycles. The number of carbonyl (C=O) groups excluding carboxylic acids is 1. The summed E-state index contributed by atoms with van der Waals surface area (Å²) >= 11 is 0. The Morgan fingerprint density at radius 2 is 2.08 bits per heavy atom. The second-order valence-corrected chi connectivity index (χ2v) is 3.09. The highest BCUT2D eigenvalue weighted by atomic mass is 32.2. The van der Waals surface area contributed by atoms with E-state index in [4.69, 9.17) is 0 Å². The first-order valence-corrected chi connectivity index (χ1v) is 4.75. The Bertz CT molecular complexity index is 234. The summed E-state index contributed by atoms with van der Waals surface area (Å²) in [6.07, 6.45) is -0.121. The lowest BCUT2D eigenvalue weighted by Gasteiger charge is -2.00. The maximum absolute atomic E-state index is 10.6. The molecule has 12 heavy (non-hydrogen) atoms. The molecule has 0 fully saturated rings. The van der Waals surface area contributed by atoms with E-state index in [2.05, 4.69) is 14.1 Å². The fourth-order valence-electron chi connectivity index (χ4n) is 0.474. The highest BCUT2D eigenvalue weighted by Crippen LogP contribution is 1.90. The zero-order valence-corrected chi connectivity index (χ0v) is 7.46. The molecule has 0 aliphatic carbocycles. The third kappa shape index (κ3) is 7.45. The second kappa shape index (κ2) is 5.07. The van der Waals surface area contributed by atoms with Crippen LogP contribution in [0.3, 0.4) is 0 Å². The molecule has 0 bridgehead atoms. The van der Waals surface area contributed by atoms with Crippen molar-refractivity contribution in [3.63, 3.8) is 0 Å². The van der Waals surface area contributed by atoms with Gasteiger partial charge in [0.2, 0.25) is 0 Å². The van der Waals surface area contributed by atoms with Crippen LogP contribution in [-0.2, 0) is 24.0 Å². The van der Waals surface area contributed by atoms with Crippen molar-refractivity contribution in [2.75, 3.05) is 13.2 Å². The predicted molar refractivity (Wildman–Crippen MR) is 40.3 cm³/mol. The maximum Gasteiger partial charge on any atom is 0.333 e. The first kappa shape index (κ1) is 11.3. The van der Waals surface area contributed by atoms with Crippen molar-refractivity contribution < 1.29 is 22.1 Å². The molecule has 0 unspecified atom stereocenters. The fraction of sp³-hybridized carbons (Fsp3) is 0.800. The molecule has 0 aliphatic heterocycles. The van der Waals surface area contributed by atoms with Gasteiger partial charge in [0.25, 0.3) is 0 Å². The van der Waals surface area contributed by atoms with Gasteiger partial charge in [-0.05, 0) is 6.92 Å². The molecule has 2 N–H and O–H groups in total. The van der Waals surface area contributed by atoms with Crippen LogP contribution >= 0.6 is 0 Å². The van der Waals surface area contributed by atoms with Crippen LogP contribution in [0.15, 0.2) is 0 Å². The molecule has 0 radical (unpaired) electrons. The molecule has 0 aromatic heterocycles. The molecule has 0 amide bonds. The molecule has 0 spiro atoms. The quantitative estimate of drug-likeness (QED) is 0.580. The third-order valence-corrected chi connectivity index (χ3v) is 1.35. The fourth-order valence-corrected chi connectivity index (χ4v) is 0.790. The van der Waals surface area contributed by atoms with Crippen LogP contribution in [0.4, 0.5) is 0 Å². The molecule has 72 valence electrons. The molecule has 0 atom stereocenters. The van der Waals surface area contributed by atoms with Gasteiger partial charge in [-0.2, -0.15) is 8.42 Å². The van der Waals surface area contributed by atoms with Crippen LogP contribution in [0.5, 0.6) is 0 Å². The SMILES string of the molecule is CCOC(=O)CCOS(N)(=O)=O. The topological polar surface area (TPSA) is 95.7 Å². The highest BCUT2D eigenvalue weighted by Gasteiger charge is 2.05. The molecule has 7 heteroatoms. The number of esters is 1. The Kier molecular flexibility index (Phi) is 4.79. The maximum atomic E-state index is 10.6. The Hall–Kier alpha value is -0.660. The summed E-state index contributed by atoms with van der Waals surface area (Å²) in [6, 6.07) is 0. The summed E-state index contributed by atoms with van der Waals surface area (Å²) in [5.41, 5.74) is 0. The number of hydrogen-bond acceptors (Lipinski definition) is 5. The number of carbonyl (C=O) groups is 1. The lowest BCUT2D eigenvalue weighted by molar-refractivity contribution is -0.143. The van der Waals surface area contributed by atoms with Crippen molar-refractivity contribution in [1.82, 2.24) is 0 Å². The van der Waals surface area contributed by atoms with Gasteiger partial charge in [-0.15, -0.1) is 0 Å². The lowest BCUT2D eigenvalue weighted by Crippen LogP contribution is -2.18. The van der Waals surface area contributed by atoms with E-state index in [9.17, 15) is 13.2 Å². The Labute approximate surface area is 70.9 Å². The van der Waals surface area contributed by atoms with Crippen LogP contribution in [0.25, 0.3) is 0 Å². The Morgan fingerprint density at radius 1 is 1.50 bits per heavy atom. The van der Waals surface area contributed by atoms with Crippen LogP contribution in [0.1, 0.15) is 13.3 Å². The summed E-state index contributed by atoms with van der Waals surface area (Å²) in [7, 11) is -3.94. The minimum absolute atomic E-state index is 0.121. The van der Waals surface area contributed by atoms with Crippen molar-refractivity contribution in [2.45, 2.75) is 13.3 Å². The summed E-state index contributed by atoms with van der Waals surface area (Å²) in [4.78, 5) is 10.6. The second-order valence-electron chi connectivity index (χ2n) is 1.87. The number of hydrogen-bond donors (Lipinski definition) is 1. The van der Waals surface area contributed by atoms with Crippen LogP contribution < -0.4 is 5.14 Å².